The van der Waals surface area contributed by atoms with Crippen LogP contribution in [0.4, 0.5) is 23.5 Å². The van der Waals surface area contributed by atoms with Crippen LogP contribution < -0.4 is 15.1 Å². The van der Waals surface area contributed by atoms with Gasteiger partial charge in [0, 0.05) is 64.1 Å². The molecule has 12 heteroatoms. The minimum absolute atomic E-state index is 0.0445. The summed E-state index contributed by atoms with van der Waals surface area (Å²) in [6.45, 7) is 24.1. The summed E-state index contributed by atoms with van der Waals surface area (Å²) in [4.78, 5) is 19.7. The van der Waals surface area contributed by atoms with Gasteiger partial charge in [-0.25, -0.2) is 0 Å². The van der Waals surface area contributed by atoms with Crippen LogP contribution in [0, 0.1) is 0 Å². The molecule has 1 N–H and O–H groups in total. The van der Waals surface area contributed by atoms with Gasteiger partial charge in [0.15, 0.2) is 0 Å². The summed E-state index contributed by atoms with van der Waals surface area (Å²) in [5.41, 5.74) is -2.72. The Morgan fingerprint density at radius 2 is 0.939 bits per heavy atom. The Bertz CT molecular complexity index is 1380. The van der Waals surface area contributed by atoms with Crippen molar-refractivity contribution in [1.82, 2.24) is 30.1 Å². The molecule has 0 saturated carbocycles. The predicted molar refractivity (Wildman–Crippen MR) is 192 cm³/mol. The summed E-state index contributed by atoms with van der Waals surface area (Å²) in [6, 6.07) is 9.81. The van der Waals surface area contributed by atoms with Crippen LogP contribution in [0.2, 0.25) is 0 Å². The molecule has 0 amide bonds. The first-order chi connectivity index (χ1) is 22.4. The summed E-state index contributed by atoms with van der Waals surface area (Å²) in [5, 5.41) is 47.7. The second-order valence-electron chi connectivity index (χ2n) is 18.7. The number of hydrogen-bond donors (Lipinski definition) is 1. The fourth-order valence-electron chi connectivity index (χ4n) is 9.44. The van der Waals surface area contributed by atoms with Gasteiger partial charge < -0.3 is 15.1 Å². The zero-order valence-electron chi connectivity index (χ0n) is 32.2. The molecule has 0 bridgehead atoms. The summed E-state index contributed by atoms with van der Waals surface area (Å²) in [7, 11) is 1.95. The number of piperidine rings is 3. The normalized spacial score (nSPS) is 26.0. The monoisotopic (exact) mass is 678 g/mol. The third kappa shape index (κ3) is 7.41. The van der Waals surface area contributed by atoms with Crippen molar-refractivity contribution in [3.05, 3.63) is 30.3 Å². The van der Waals surface area contributed by atoms with Gasteiger partial charge in [-0.2, -0.15) is 15.0 Å². The second kappa shape index (κ2) is 12.6. The molecule has 271 valence electrons. The van der Waals surface area contributed by atoms with E-state index in [0.717, 1.165) is 5.69 Å². The predicted octanol–water partition coefficient (Wildman–Crippen LogP) is 6.96. The molecule has 0 spiro atoms. The first-order valence-corrected chi connectivity index (χ1v) is 17.9. The first-order valence-electron chi connectivity index (χ1n) is 17.9. The van der Waals surface area contributed by atoms with Gasteiger partial charge in [-0.05, 0) is 134 Å². The molecule has 1 aromatic heterocycles. The molecule has 12 nitrogen and oxygen atoms in total. The Morgan fingerprint density at radius 3 is 1.35 bits per heavy atom. The maximum atomic E-state index is 13.6. The lowest BCUT2D eigenvalue weighted by atomic mass is 9.75. The van der Waals surface area contributed by atoms with Crippen LogP contribution in [-0.2, 0) is 15.6 Å². The number of benzene rings is 1. The highest BCUT2D eigenvalue weighted by Crippen LogP contribution is 2.46. The zero-order chi connectivity index (χ0) is 36.5. The summed E-state index contributed by atoms with van der Waals surface area (Å²) < 4.78 is 0. The third-order valence-electron chi connectivity index (χ3n) is 11.1. The van der Waals surface area contributed by atoms with Gasteiger partial charge in [0.05, 0.1) is 0 Å². The lowest BCUT2D eigenvalue weighted by Crippen LogP contribution is -2.67. The van der Waals surface area contributed by atoms with Crippen molar-refractivity contribution in [2.24, 2.45) is 0 Å². The summed E-state index contributed by atoms with van der Waals surface area (Å²) in [5.74, 6) is 1.47. The molecule has 3 fully saturated rings. The smallest absolute Gasteiger partial charge is 0.236 e. The first kappa shape index (κ1) is 37.6. The topological polar surface area (TPSA) is 127 Å². The largest absolute Gasteiger partial charge is 0.351 e. The molecule has 2 aromatic rings. The van der Waals surface area contributed by atoms with Crippen LogP contribution in [0.25, 0.3) is 0 Å². The van der Waals surface area contributed by atoms with Gasteiger partial charge in [0.1, 0.15) is 0 Å². The third-order valence-corrected chi connectivity index (χ3v) is 11.1. The molecular weight excluding hydrogens is 618 g/mol. The lowest BCUT2D eigenvalue weighted by Gasteiger charge is -2.57. The van der Waals surface area contributed by atoms with E-state index in [1.807, 2.05) is 125 Å². The van der Waals surface area contributed by atoms with Gasteiger partial charge in [0.2, 0.25) is 17.8 Å². The number of hydrogen-bond acceptors (Lipinski definition) is 9. The lowest BCUT2D eigenvalue weighted by molar-refractivity contribution is -0.294. The molecule has 5 rings (SSSR count). The molecule has 0 atom stereocenters. The van der Waals surface area contributed by atoms with Crippen molar-refractivity contribution in [3.8, 4) is 0 Å². The minimum atomic E-state index is -0.629. The summed E-state index contributed by atoms with van der Waals surface area (Å²) >= 11 is 0. The van der Waals surface area contributed by atoms with Crippen LogP contribution in [0.15, 0.2) is 30.3 Å². The average molecular weight is 679 g/mol. The standard InChI is InChI=1S/C37H60N9O3/c1-32(2)19-25(20-33(3,4)44(32)47)38-29-39-30(42(13)26-17-15-14-16-18-26)41-31(40-29)43(27-21-34(5,6)45(48)35(7,8)22-27)28-23-36(9,10)46(49)37(11,12)24-28/h14-18,25,27-28H,19-24H2,1-13H3,(H,38,39,40,41). The molecule has 49 heavy (non-hydrogen) atoms. The van der Waals surface area contributed by atoms with E-state index in [9.17, 15) is 15.6 Å². The van der Waals surface area contributed by atoms with E-state index in [2.05, 4.69) is 10.2 Å². The Balaban J connectivity index is 1.66. The Labute approximate surface area is 294 Å². The van der Waals surface area contributed by atoms with Gasteiger partial charge >= 0.3 is 0 Å². The van der Waals surface area contributed by atoms with E-state index >= 15 is 0 Å². The van der Waals surface area contributed by atoms with E-state index in [-0.39, 0.29) is 18.1 Å². The highest BCUT2D eigenvalue weighted by Gasteiger charge is 2.53. The molecule has 3 saturated heterocycles. The van der Waals surface area contributed by atoms with Crippen molar-refractivity contribution < 1.29 is 15.6 Å². The van der Waals surface area contributed by atoms with Crippen LogP contribution >= 0.6 is 0 Å². The molecule has 0 aliphatic carbocycles. The quantitative estimate of drug-likeness (QED) is 0.331. The Kier molecular flexibility index (Phi) is 9.65. The van der Waals surface area contributed by atoms with E-state index in [4.69, 9.17) is 15.0 Å². The van der Waals surface area contributed by atoms with E-state index < -0.39 is 33.2 Å². The Morgan fingerprint density at radius 1 is 0.571 bits per heavy atom. The Hall–Kier alpha value is -2.61. The number of rotatable bonds is 7. The maximum Gasteiger partial charge on any atom is 0.236 e. The molecule has 3 aliphatic heterocycles. The van der Waals surface area contributed by atoms with E-state index in [1.54, 1.807) is 0 Å². The van der Waals surface area contributed by atoms with Gasteiger partial charge in [-0.3, -0.25) is 0 Å². The van der Waals surface area contributed by atoms with Crippen molar-refractivity contribution in [1.29, 1.82) is 0 Å². The highest BCUT2D eigenvalue weighted by molar-refractivity contribution is 5.59. The van der Waals surface area contributed by atoms with E-state index in [0.29, 0.717) is 56.4 Å². The molecule has 0 unspecified atom stereocenters. The fraction of sp³-hybridized carbons (Fsp3) is 0.757. The van der Waals surface area contributed by atoms with Gasteiger partial charge in [-0.15, -0.1) is 30.8 Å². The number of nitrogens with zero attached hydrogens (tertiary/aromatic N) is 8. The molecular formula is C37H60N9O3. The van der Waals surface area contributed by atoms with Crippen molar-refractivity contribution in [2.45, 2.75) is 173 Å². The van der Waals surface area contributed by atoms with Crippen molar-refractivity contribution >= 4 is 23.5 Å². The van der Waals surface area contributed by atoms with Gasteiger partial charge in [-0.1, -0.05) is 18.2 Å². The highest BCUT2D eigenvalue weighted by atomic mass is 16.5. The van der Waals surface area contributed by atoms with Crippen molar-refractivity contribution in [3.63, 3.8) is 0 Å². The van der Waals surface area contributed by atoms with Crippen LogP contribution in [0.3, 0.4) is 0 Å². The van der Waals surface area contributed by atoms with E-state index in [1.165, 1.54) is 15.2 Å². The fourth-order valence-corrected chi connectivity index (χ4v) is 9.44. The molecule has 3 radical (unpaired) electrons. The SMILES string of the molecule is CN(c1ccccc1)c1nc(NC2CC(C)(C)N([O])C(C)(C)C2)nc(N(C2CC(C)(C)N([O])C(C)(C)C2)C2CC(C)(C)N([O])C(C)(C)C2)n1. The second-order valence-corrected chi connectivity index (χ2v) is 18.7. The molecule has 3 aliphatic rings. The number of nitrogens with one attached hydrogen (secondary N) is 1. The van der Waals surface area contributed by atoms with Crippen LogP contribution in [0.1, 0.15) is 122 Å². The maximum absolute atomic E-state index is 13.6. The zero-order valence-corrected chi connectivity index (χ0v) is 32.2. The molecule has 4 heterocycles. The number of para-hydroxylation sites is 1. The average Bonchev–Trinajstić information content (AvgIpc) is 2.96. The number of anilines is 4. The van der Waals surface area contributed by atoms with Gasteiger partial charge in [0.25, 0.3) is 0 Å². The van der Waals surface area contributed by atoms with Crippen LogP contribution in [-0.4, -0.2) is 88.5 Å². The summed E-state index contributed by atoms with van der Waals surface area (Å²) in [6.07, 6.45) is 3.70. The van der Waals surface area contributed by atoms with Crippen LogP contribution in [0.5, 0.6) is 0 Å². The minimum Gasteiger partial charge on any atom is -0.351 e. The molecule has 1 aromatic carbocycles. The number of aromatic nitrogens is 3. The number of hydroxylamine groups is 6. The van der Waals surface area contributed by atoms with Crippen molar-refractivity contribution in [2.75, 3.05) is 22.2 Å².